The molecule has 1 heterocycles. The Bertz CT molecular complexity index is 991. The Labute approximate surface area is 191 Å². The van der Waals surface area contributed by atoms with Crippen LogP contribution in [0.2, 0.25) is 0 Å². The molecule has 3 nitrogen and oxygen atoms in total. The summed E-state index contributed by atoms with van der Waals surface area (Å²) in [6, 6.07) is 30.2. The first-order valence-electron chi connectivity index (χ1n) is 11.4. The zero-order chi connectivity index (χ0) is 22.6. The number of carbonyl (C=O) groups is 1. The Morgan fingerprint density at radius 2 is 1.41 bits per heavy atom. The van der Waals surface area contributed by atoms with Crippen LogP contribution >= 0.6 is 0 Å². The van der Waals surface area contributed by atoms with Crippen molar-refractivity contribution in [1.29, 1.82) is 0 Å². The van der Waals surface area contributed by atoms with E-state index < -0.39 is 5.60 Å². The van der Waals surface area contributed by atoms with Gasteiger partial charge in [0.15, 0.2) is 5.60 Å². The van der Waals surface area contributed by atoms with Gasteiger partial charge in [0.25, 0.3) is 0 Å². The number of amides is 1. The first-order valence-corrected chi connectivity index (χ1v) is 11.4. The van der Waals surface area contributed by atoms with E-state index in [4.69, 9.17) is 4.74 Å². The van der Waals surface area contributed by atoms with Crippen LogP contribution in [0.4, 0.5) is 4.79 Å². The molecule has 0 aromatic heterocycles. The summed E-state index contributed by atoms with van der Waals surface area (Å²) < 4.78 is 6.46. The lowest BCUT2D eigenvalue weighted by molar-refractivity contribution is 0.0665. The fraction of sp³-hybridized carbons (Fsp3) is 0.276. The van der Waals surface area contributed by atoms with E-state index in [0.29, 0.717) is 5.92 Å². The summed E-state index contributed by atoms with van der Waals surface area (Å²) in [6.45, 7) is 8.36. The number of nitrogens with zero attached hydrogens (tertiary/aromatic N) is 1. The van der Waals surface area contributed by atoms with Crippen LogP contribution in [-0.2, 0) is 10.3 Å². The van der Waals surface area contributed by atoms with Crippen molar-refractivity contribution in [3.63, 3.8) is 0 Å². The number of carbonyl (C=O) groups excluding carboxylic acids is 1. The number of hydrogen-bond acceptors (Lipinski definition) is 2. The van der Waals surface area contributed by atoms with E-state index in [1.165, 1.54) is 0 Å². The lowest BCUT2D eigenvalue weighted by Gasteiger charge is -2.39. The molecule has 0 aliphatic carbocycles. The zero-order valence-corrected chi connectivity index (χ0v) is 18.9. The smallest absolute Gasteiger partial charge is 0.412 e. The zero-order valence-electron chi connectivity index (χ0n) is 18.9. The van der Waals surface area contributed by atoms with E-state index >= 15 is 0 Å². The molecule has 0 bridgehead atoms. The molecule has 1 fully saturated rings. The van der Waals surface area contributed by atoms with Gasteiger partial charge in [-0.15, -0.1) is 6.58 Å². The molecule has 3 aromatic rings. The predicted octanol–water partition coefficient (Wildman–Crippen LogP) is 7.11. The molecule has 0 spiro atoms. The molecule has 0 saturated carbocycles. The second-order valence-electron chi connectivity index (χ2n) is 8.86. The maximum atomic E-state index is 13.7. The number of rotatable bonds is 8. The minimum absolute atomic E-state index is 0.000458. The van der Waals surface area contributed by atoms with Gasteiger partial charge in [-0.05, 0) is 24.3 Å². The van der Waals surface area contributed by atoms with Gasteiger partial charge in [-0.3, -0.25) is 4.90 Å². The van der Waals surface area contributed by atoms with Crippen LogP contribution in [0.1, 0.15) is 49.4 Å². The molecule has 4 rings (SSSR count). The molecular formula is C29H31NO2. The van der Waals surface area contributed by atoms with Crippen molar-refractivity contribution in [1.82, 2.24) is 4.90 Å². The van der Waals surface area contributed by atoms with E-state index in [1.807, 2.05) is 65.6 Å². The van der Waals surface area contributed by atoms with Gasteiger partial charge in [-0.25, -0.2) is 4.79 Å². The van der Waals surface area contributed by atoms with Crippen molar-refractivity contribution in [3.05, 3.63) is 120 Å². The highest BCUT2D eigenvalue weighted by Crippen LogP contribution is 2.53. The normalized spacial score (nSPS) is 18.4. The minimum atomic E-state index is -0.947. The highest BCUT2D eigenvalue weighted by atomic mass is 16.6. The molecule has 0 unspecified atom stereocenters. The van der Waals surface area contributed by atoms with Gasteiger partial charge in [0.2, 0.25) is 0 Å². The van der Waals surface area contributed by atoms with Crippen LogP contribution in [0, 0.1) is 5.92 Å². The second-order valence-corrected chi connectivity index (χ2v) is 8.86. The fourth-order valence-corrected chi connectivity index (χ4v) is 4.97. The van der Waals surface area contributed by atoms with Gasteiger partial charge in [0.05, 0.1) is 0 Å². The Morgan fingerprint density at radius 1 is 0.906 bits per heavy atom. The minimum Gasteiger partial charge on any atom is -0.430 e. The maximum absolute atomic E-state index is 13.7. The summed E-state index contributed by atoms with van der Waals surface area (Å²) in [6.07, 6.45) is 3.23. The topological polar surface area (TPSA) is 29.5 Å². The molecule has 2 atom stereocenters. The molecule has 0 N–H and O–H groups in total. The standard InChI is InChI=1S/C29H31NO2/c1-4-14-26(21-22(2)3)30-27(23-15-8-5-9-16-23)29(32-28(30)31,24-17-10-6-11-18-24)25-19-12-7-13-20-25/h4-13,15-20,22,26-27H,1,14,21H2,2-3H3/t26-,27+/m0/s1. The molecule has 3 heteroatoms. The van der Waals surface area contributed by atoms with E-state index in [0.717, 1.165) is 29.5 Å². The third-order valence-corrected chi connectivity index (χ3v) is 6.22. The van der Waals surface area contributed by atoms with Gasteiger partial charge in [-0.2, -0.15) is 0 Å². The van der Waals surface area contributed by atoms with Crippen LogP contribution in [0.5, 0.6) is 0 Å². The largest absolute Gasteiger partial charge is 0.430 e. The van der Waals surface area contributed by atoms with Gasteiger partial charge < -0.3 is 4.74 Å². The number of benzene rings is 3. The summed E-state index contributed by atoms with van der Waals surface area (Å²) >= 11 is 0. The molecule has 1 aliphatic heterocycles. The quantitative estimate of drug-likeness (QED) is 0.360. The average Bonchev–Trinajstić information content (AvgIpc) is 3.14. The van der Waals surface area contributed by atoms with Gasteiger partial charge in [0, 0.05) is 17.2 Å². The van der Waals surface area contributed by atoms with Crippen molar-refractivity contribution in [2.24, 2.45) is 5.92 Å². The van der Waals surface area contributed by atoms with E-state index in [2.05, 4.69) is 56.8 Å². The summed E-state index contributed by atoms with van der Waals surface area (Å²) in [5.74, 6) is 0.438. The van der Waals surface area contributed by atoms with Crippen molar-refractivity contribution < 1.29 is 9.53 Å². The predicted molar refractivity (Wildman–Crippen MR) is 129 cm³/mol. The lowest BCUT2D eigenvalue weighted by atomic mass is 9.76. The van der Waals surface area contributed by atoms with Crippen molar-refractivity contribution in [2.75, 3.05) is 0 Å². The van der Waals surface area contributed by atoms with E-state index in [-0.39, 0.29) is 18.2 Å². The maximum Gasteiger partial charge on any atom is 0.412 e. The van der Waals surface area contributed by atoms with Crippen molar-refractivity contribution >= 4 is 6.09 Å². The van der Waals surface area contributed by atoms with Gasteiger partial charge in [-0.1, -0.05) is 111 Å². The van der Waals surface area contributed by atoms with Crippen LogP contribution in [0.15, 0.2) is 104 Å². The third kappa shape index (κ3) is 3.95. The van der Waals surface area contributed by atoms with Gasteiger partial charge in [0.1, 0.15) is 6.04 Å². The highest BCUT2D eigenvalue weighted by molar-refractivity contribution is 5.75. The number of cyclic esters (lactones) is 1. The van der Waals surface area contributed by atoms with E-state index in [1.54, 1.807) is 0 Å². The first-order chi connectivity index (χ1) is 15.6. The number of ether oxygens (including phenoxy) is 1. The summed E-state index contributed by atoms with van der Waals surface area (Å²) in [4.78, 5) is 15.7. The molecule has 32 heavy (non-hydrogen) atoms. The molecule has 1 amide bonds. The summed E-state index contributed by atoms with van der Waals surface area (Å²) in [7, 11) is 0. The molecule has 1 saturated heterocycles. The Morgan fingerprint density at radius 3 is 1.88 bits per heavy atom. The lowest BCUT2D eigenvalue weighted by Crippen LogP contribution is -2.42. The van der Waals surface area contributed by atoms with Crippen LogP contribution in [0.25, 0.3) is 0 Å². The van der Waals surface area contributed by atoms with Crippen LogP contribution in [-0.4, -0.2) is 17.0 Å². The molecular weight excluding hydrogens is 394 g/mol. The molecule has 3 aromatic carbocycles. The SMILES string of the molecule is C=CC[C@@H](CC(C)C)N1C(=O)OC(c2ccccc2)(c2ccccc2)[C@H]1c1ccccc1. The fourth-order valence-electron chi connectivity index (χ4n) is 4.97. The first kappa shape index (κ1) is 21.9. The average molecular weight is 426 g/mol. The summed E-state index contributed by atoms with van der Waals surface area (Å²) in [5.41, 5.74) is 2.05. The number of hydrogen-bond donors (Lipinski definition) is 0. The Hall–Kier alpha value is -3.33. The molecule has 164 valence electrons. The summed E-state index contributed by atoms with van der Waals surface area (Å²) in [5, 5.41) is 0. The second kappa shape index (κ2) is 9.44. The van der Waals surface area contributed by atoms with E-state index in [9.17, 15) is 4.79 Å². The monoisotopic (exact) mass is 425 g/mol. The Kier molecular flexibility index (Phi) is 6.45. The van der Waals surface area contributed by atoms with Crippen LogP contribution < -0.4 is 0 Å². The Balaban J connectivity index is 1.98. The molecule has 0 radical (unpaired) electrons. The van der Waals surface area contributed by atoms with Crippen molar-refractivity contribution in [2.45, 2.75) is 44.4 Å². The van der Waals surface area contributed by atoms with Crippen LogP contribution in [0.3, 0.4) is 0 Å². The van der Waals surface area contributed by atoms with Gasteiger partial charge >= 0.3 is 6.09 Å². The van der Waals surface area contributed by atoms with Crippen molar-refractivity contribution in [3.8, 4) is 0 Å². The third-order valence-electron chi connectivity index (χ3n) is 6.22. The highest BCUT2D eigenvalue weighted by Gasteiger charge is 2.58. The molecule has 1 aliphatic rings.